The minimum Gasteiger partial charge on any atom is -0.443 e. The second-order valence-electron chi connectivity index (χ2n) is 13.5. The number of benzene rings is 3. The highest BCUT2D eigenvalue weighted by Gasteiger charge is 2.67. The monoisotopic (exact) mass is 777 g/mol. The molecule has 0 spiro atoms. The molecule has 0 saturated heterocycles. The van der Waals surface area contributed by atoms with E-state index in [1.54, 1.807) is 41.5 Å². The Morgan fingerprint density at radius 3 is 1.90 bits per heavy atom. The molecule has 0 radical (unpaired) electrons. The van der Waals surface area contributed by atoms with Crippen LogP contribution in [0.15, 0.2) is 54.6 Å². The van der Waals surface area contributed by atoms with Gasteiger partial charge in [-0.3, -0.25) is 9.59 Å². The SMILES string of the molecule is CC(C)(C)OC(=O)N(C(=O)OC(C)(C)C)c1ccc(NC(=O)c2cc(NC(=O)[C@H]3[C@H](c4ccc(F)c(C(F)(F)F)c4)C3(Cl)Cl)ccc2Cl)c(F)c1. The van der Waals surface area contributed by atoms with Crippen molar-refractivity contribution in [2.45, 2.75) is 69.2 Å². The number of carbonyl (C=O) groups excluding carboxylic acids is 4. The molecule has 1 aliphatic rings. The van der Waals surface area contributed by atoms with Gasteiger partial charge in [-0.25, -0.2) is 18.4 Å². The van der Waals surface area contributed by atoms with Gasteiger partial charge in [-0.2, -0.15) is 18.1 Å². The molecular weight excluding hydrogens is 748 g/mol. The first-order valence-electron chi connectivity index (χ1n) is 15.0. The first-order chi connectivity index (χ1) is 23.3. The molecule has 17 heteroatoms. The lowest BCUT2D eigenvalue weighted by Gasteiger charge is -2.28. The van der Waals surface area contributed by atoms with Gasteiger partial charge >= 0.3 is 18.4 Å². The number of carbonyl (C=O) groups is 4. The fourth-order valence-electron chi connectivity index (χ4n) is 4.85. The van der Waals surface area contributed by atoms with Crippen molar-refractivity contribution in [1.82, 2.24) is 0 Å². The summed E-state index contributed by atoms with van der Waals surface area (Å²) in [5.41, 5.74) is -4.56. The number of halogens is 8. The molecule has 51 heavy (non-hydrogen) atoms. The number of hydrogen-bond donors (Lipinski definition) is 2. The Labute approximate surface area is 304 Å². The van der Waals surface area contributed by atoms with Crippen LogP contribution in [-0.4, -0.2) is 39.5 Å². The van der Waals surface area contributed by atoms with Gasteiger partial charge in [0.15, 0.2) is 0 Å². The minimum absolute atomic E-state index is 0.000558. The molecule has 0 heterocycles. The first kappa shape index (κ1) is 39.6. The lowest BCUT2D eigenvalue weighted by molar-refractivity contribution is -0.140. The Hall–Kier alpha value is -4.14. The molecule has 0 unspecified atom stereocenters. The van der Waals surface area contributed by atoms with Gasteiger partial charge in [0, 0.05) is 17.7 Å². The normalized spacial score (nSPS) is 16.9. The molecule has 3 aromatic rings. The molecule has 0 aliphatic heterocycles. The molecule has 1 saturated carbocycles. The fraction of sp³-hybridized carbons (Fsp3) is 0.353. The zero-order chi connectivity index (χ0) is 38.4. The van der Waals surface area contributed by atoms with Crippen LogP contribution in [0.1, 0.15) is 68.9 Å². The minimum atomic E-state index is -5.00. The van der Waals surface area contributed by atoms with E-state index in [0.717, 1.165) is 24.3 Å². The highest BCUT2D eigenvalue weighted by atomic mass is 35.5. The van der Waals surface area contributed by atoms with Crippen LogP contribution >= 0.6 is 34.8 Å². The number of ether oxygens (including phenoxy) is 2. The van der Waals surface area contributed by atoms with Crippen LogP contribution < -0.4 is 15.5 Å². The Morgan fingerprint density at radius 2 is 1.37 bits per heavy atom. The van der Waals surface area contributed by atoms with E-state index in [4.69, 9.17) is 44.3 Å². The molecule has 274 valence electrons. The molecule has 2 atom stereocenters. The third-order valence-corrected chi connectivity index (χ3v) is 8.35. The Morgan fingerprint density at radius 1 is 0.784 bits per heavy atom. The number of alkyl halides is 5. The van der Waals surface area contributed by atoms with Crippen molar-refractivity contribution in [3.8, 4) is 0 Å². The van der Waals surface area contributed by atoms with E-state index >= 15 is 4.39 Å². The summed E-state index contributed by atoms with van der Waals surface area (Å²) in [6.45, 7) is 9.41. The number of rotatable bonds is 6. The second-order valence-corrected chi connectivity index (χ2v) is 15.3. The molecule has 0 aromatic heterocycles. The number of nitrogens with zero attached hydrogens (tertiary/aromatic N) is 1. The van der Waals surface area contributed by atoms with E-state index in [2.05, 4.69) is 10.6 Å². The van der Waals surface area contributed by atoms with Gasteiger partial charge in [0.25, 0.3) is 5.91 Å². The summed E-state index contributed by atoms with van der Waals surface area (Å²) in [5.74, 6) is -6.70. The van der Waals surface area contributed by atoms with E-state index in [0.29, 0.717) is 17.0 Å². The lowest BCUT2D eigenvalue weighted by Crippen LogP contribution is -2.43. The van der Waals surface area contributed by atoms with Gasteiger partial charge in [-0.05, 0) is 89.6 Å². The van der Waals surface area contributed by atoms with Gasteiger partial charge in [-0.15, -0.1) is 23.2 Å². The summed E-state index contributed by atoms with van der Waals surface area (Å²) in [6, 6.07) is 8.95. The summed E-state index contributed by atoms with van der Waals surface area (Å²) < 4.78 is 77.7. The van der Waals surface area contributed by atoms with Crippen molar-refractivity contribution in [3.63, 3.8) is 0 Å². The van der Waals surface area contributed by atoms with Crippen molar-refractivity contribution in [3.05, 3.63) is 87.9 Å². The van der Waals surface area contributed by atoms with Crippen molar-refractivity contribution in [2.24, 2.45) is 5.92 Å². The highest BCUT2D eigenvalue weighted by Crippen LogP contribution is 2.65. The van der Waals surface area contributed by atoms with E-state index < -0.39 is 74.7 Å². The first-order valence-corrected chi connectivity index (χ1v) is 16.2. The zero-order valence-electron chi connectivity index (χ0n) is 27.8. The fourth-order valence-corrected chi connectivity index (χ4v) is 5.88. The number of hydrogen-bond acceptors (Lipinski definition) is 6. The molecule has 2 N–H and O–H groups in total. The maximum absolute atomic E-state index is 15.4. The molecule has 1 aliphatic carbocycles. The van der Waals surface area contributed by atoms with Crippen LogP contribution in [0.2, 0.25) is 5.02 Å². The molecule has 3 aromatic carbocycles. The highest BCUT2D eigenvalue weighted by molar-refractivity contribution is 6.53. The average Bonchev–Trinajstić information content (AvgIpc) is 3.54. The van der Waals surface area contributed by atoms with Crippen LogP contribution in [0.5, 0.6) is 0 Å². The summed E-state index contributed by atoms with van der Waals surface area (Å²) >= 11 is 18.7. The Bertz CT molecular complexity index is 1860. The summed E-state index contributed by atoms with van der Waals surface area (Å²) in [6.07, 6.45) is -7.28. The predicted octanol–water partition coefficient (Wildman–Crippen LogP) is 10.1. The molecule has 9 nitrogen and oxygen atoms in total. The predicted molar refractivity (Wildman–Crippen MR) is 181 cm³/mol. The maximum atomic E-state index is 15.4. The standard InChI is InChI=1S/C34H31Cl3F5N3O6/c1-31(2,3)50-29(48)45(30(49)51-32(4,5)6)18-9-12-24(23(39)15-18)44-27(46)19-14-17(8-10-21(19)35)43-28(47)26-25(33(26,36)37)16-7-11-22(38)20(13-16)34(40,41)42/h7-15,25-26H,1-6H3,(H,43,47)(H,44,46)/t25-,26+/m0/s1. The topological polar surface area (TPSA) is 114 Å². The van der Waals surface area contributed by atoms with Gasteiger partial charge in [0.1, 0.15) is 27.2 Å². The number of imide groups is 1. The van der Waals surface area contributed by atoms with Crippen LogP contribution in [0, 0.1) is 17.6 Å². The van der Waals surface area contributed by atoms with Crippen LogP contribution in [0.25, 0.3) is 0 Å². The second kappa shape index (κ2) is 14.1. The van der Waals surface area contributed by atoms with Crippen molar-refractivity contribution < 1.29 is 50.6 Å². The Balaban J connectivity index is 1.52. The van der Waals surface area contributed by atoms with Crippen molar-refractivity contribution >= 4 is 75.9 Å². The molecule has 4 amide bonds. The zero-order valence-corrected chi connectivity index (χ0v) is 30.0. The van der Waals surface area contributed by atoms with Crippen LogP contribution in [-0.2, 0) is 20.4 Å². The average molecular weight is 779 g/mol. The van der Waals surface area contributed by atoms with Crippen LogP contribution in [0.4, 0.5) is 48.6 Å². The van der Waals surface area contributed by atoms with Gasteiger partial charge in [0.2, 0.25) is 5.91 Å². The summed E-state index contributed by atoms with van der Waals surface area (Å²) in [4.78, 5) is 52.7. The molecule has 1 fully saturated rings. The molecule has 4 rings (SSSR count). The number of amides is 4. The van der Waals surface area contributed by atoms with Gasteiger partial charge < -0.3 is 20.1 Å². The maximum Gasteiger partial charge on any atom is 0.424 e. The van der Waals surface area contributed by atoms with E-state index in [1.165, 1.54) is 18.2 Å². The smallest absolute Gasteiger partial charge is 0.424 e. The Kier molecular flexibility index (Phi) is 11.0. The summed E-state index contributed by atoms with van der Waals surface area (Å²) in [5, 5.41) is 4.69. The largest absolute Gasteiger partial charge is 0.443 e. The lowest BCUT2D eigenvalue weighted by atomic mass is 10.0. The van der Waals surface area contributed by atoms with Crippen molar-refractivity contribution in [1.29, 1.82) is 0 Å². The third-order valence-electron chi connectivity index (χ3n) is 7.08. The summed E-state index contributed by atoms with van der Waals surface area (Å²) in [7, 11) is 0. The number of anilines is 3. The van der Waals surface area contributed by atoms with E-state index in [1.807, 2.05) is 0 Å². The van der Waals surface area contributed by atoms with Gasteiger partial charge in [-0.1, -0.05) is 17.7 Å². The molecular formula is C34H31Cl3F5N3O6. The number of nitrogens with one attached hydrogen (secondary N) is 2. The molecule has 0 bridgehead atoms. The van der Waals surface area contributed by atoms with E-state index in [9.17, 15) is 36.7 Å². The van der Waals surface area contributed by atoms with Crippen molar-refractivity contribution in [2.75, 3.05) is 15.5 Å². The van der Waals surface area contributed by atoms with Gasteiger partial charge in [0.05, 0.1) is 33.4 Å². The third kappa shape index (κ3) is 9.40. The van der Waals surface area contributed by atoms with Crippen LogP contribution in [0.3, 0.4) is 0 Å². The quantitative estimate of drug-likeness (QED) is 0.190. The van der Waals surface area contributed by atoms with E-state index in [-0.39, 0.29) is 33.2 Å².